The molecule has 0 aliphatic heterocycles. The molecular formula is C24H21N3. The maximum Gasteiger partial charge on any atom is 0.0709 e. The molecular weight excluding hydrogens is 330 g/mol. The molecule has 3 aromatic carbocycles. The lowest BCUT2D eigenvalue weighted by Crippen LogP contribution is -2.29. The third kappa shape index (κ3) is 3.33. The lowest BCUT2D eigenvalue weighted by molar-refractivity contribution is 1.09. The number of para-hydroxylation sites is 1. The molecule has 0 aliphatic rings. The van der Waals surface area contributed by atoms with Crippen molar-refractivity contribution in [1.82, 2.24) is 4.98 Å². The topological polar surface area (TPSA) is 42.1 Å². The minimum absolute atomic E-state index is 0.760. The van der Waals surface area contributed by atoms with Gasteiger partial charge in [0.1, 0.15) is 0 Å². The predicted octanol–water partition coefficient (Wildman–Crippen LogP) is 5.56. The van der Waals surface area contributed by atoms with Gasteiger partial charge in [-0.25, -0.2) is 10.8 Å². The van der Waals surface area contributed by atoms with Crippen molar-refractivity contribution < 1.29 is 0 Å². The number of hydrogen-bond donors (Lipinski definition) is 1. The number of nitrogens with two attached hydrogens (primary N) is 1. The molecule has 0 amide bonds. The highest BCUT2D eigenvalue weighted by atomic mass is 15.4. The second kappa shape index (κ2) is 7.06. The number of nitrogens with zero attached hydrogens (tertiary/aromatic N) is 2. The van der Waals surface area contributed by atoms with E-state index >= 15 is 0 Å². The molecule has 0 unspecified atom stereocenters. The van der Waals surface area contributed by atoms with Gasteiger partial charge in [0.05, 0.1) is 22.6 Å². The van der Waals surface area contributed by atoms with E-state index in [2.05, 4.69) is 43.8 Å². The number of aromatic nitrogens is 1. The SMILES string of the molecule is C=C(c1ccccc1)N(N)c1ccc(-c2ccc3ccccc3n2)cc1C. The Morgan fingerprint density at radius 2 is 1.63 bits per heavy atom. The first kappa shape index (κ1) is 17.0. The smallest absolute Gasteiger partial charge is 0.0709 e. The van der Waals surface area contributed by atoms with Gasteiger partial charge in [-0.3, -0.25) is 5.01 Å². The molecule has 0 radical (unpaired) electrons. The summed E-state index contributed by atoms with van der Waals surface area (Å²) in [5, 5.41) is 2.78. The molecule has 3 heteroatoms. The van der Waals surface area contributed by atoms with Crippen LogP contribution < -0.4 is 10.9 Å². The second-order valence-corrected chi connectivity index (χ2v) is 6.57. The van der Waals surface area contributed by atoms with Gasteiger partial charge in [0, 0.05) is 10.9 Å². The van der Waals surface area contributed by atoms with Crippen molar-refractivity contribution in [3.63, 3.8) is 0 Å². The minimum atomic E-state index is 0.760. The van der Waals surface area contributed by atoms with Gasteiger partial charge in [0.2, 0.25) is 0 Å². The molecule has 4 rings (SSSR count). The van der Waals surface area contributed by atoms with Crippen molar-refractivity contribution in [2.75, 3.05) is 5.01 Å². The Labute approximate surface area is 159 Å². The highest BCUT2D eigenvalue weighted by molar-refractivity contribution is 5.83. The van der Waals surface area contributed by atoms with Crippen LogP contribution in [0.4, 0.5) is 5.69 Å². The molecule has 4 aromatic rings. The second-order valence-electron chi connectivity index (χ2n) is 6.57. The van der Waals surface area contributed by atoms with E-state index < -0.39 is 0 Å². The van der Waals surface area contributed by atoms with Crippen LogP contribution in [0.15, 0.2) is 91.5 Å². The van der Waals surface area contributed by atoms with Crippen molar-refractivity contribution in [3.05, 3.63) is 103 Å². The van der Waals surface area contributed by atoms with Crippen molar-refractivity contribution in [2.24, 2.45) is 5.84 Å². The molecule has 2 N–H and O–H groups in total. The molecule has 0 saturated heterocycles. The Hall–Kier alpha value is -3.43. The third-order valence-corrected chi connectivity index (χ3v) is 4.75. The average Bonchev–Trinajstić information content (AvgIpc) is 2.73. The highest BCUT2D eigenvalue weighted by Gasteiger charge is 2.12. The molecule has 1 aromatic heterocycles. The predicted molar refractivity (Wildman–Crippen MR) is 114 cm³/mol. The van der Waals surface area contributed by atoms with E-state index in [0.717, 1.165) is 44.7 Å². The Morgan fingerprint density at radius 3 is 2.41 bits per heavy atom. The summed E-state index contributed by atoms with van der Waals surface area (Å²) in [7, 11) is 0. The summed E-state index contributed by atoms with van der Waals surface area (Å²) in [5.41, 5.74) is 6.77. The zero-order chi connectivity index (χ0) is 18.8. The summed E-state index contributed by atoms with van der Waals surface area (Å²) < 4.78 is 0. The molecule has 1 heterocycles. The summed E-state index contributed by atoms with van der Waals surface area (Å²) >= 11 is 0. The number of fused-ring (bicyclic) bond motifs is 1. The monoisotopic (exact) mass is 351 g/mol. The van der Waals surface area contributed by atoms with Gasteiger partial charge in [-0.1, -0.05) is 67.2 Å². The molecule has 0 atom stereocenters. The molecule has 132 valence electrons. The Bertz CT molecular complexity index is 1120. The van der Waals surface area contributed by atoms with Crippen LogP contribution in [-0.2, 0) is 0 Å². The van der Waals surface area contributed by atoms with Crippen LogP contribution in [0.1, 0.15) is 11.1 Å². The molecule has 27 heavy (non-hydrogen) atoms. The number of hydrazine groups is 1. The van der Waals surface area contributed by atoms with Gasteiger partial charge < -0.3 is 0 Å². The fourth-order valence-electron chi connectivity index (χ4n) is 3.23. The Balaban J connectivity index is 1.66. The number of pyridine rings is 1. The van der Waals surface area contributed by atoms with E-state index in [9.17, 15) is 0 Å². The first-order valence-corrected chi connectivity index (χ1v) is 8.89. The maximum atomic E-state index is 6.35. The summed E-state index contributed by atoms with van der Waals surface area (Å²) in [6, 6.07) is 28.4. The van der Waals surface area contributed by atoms with Crippen LogP contribution in [0.3, 0.4) is 0 Å². The molecule has 0 fully saturated rings. The standard InChI is InChI=1S/C24H21N3/c1-17-16-21(23-14-12-20-10-6-7-11-22(20)26-23)13-15-24(17)27(25)18(2)19-8-4-3-5-9-19/h3-16H,2,25H2,1H3. The fraction of sp³-hybridized carbons (Fsp3) is 0.0417. The normalized spacial score (nSPS) is 10.7. The number of hydrogen-bond acceptors (Lipinski definition) is 3. The van der Waals surface area contributed by atoms with Crippen molar-refractivity contribution in [2.45, 2.75) is 6.92 Å². The molecule has 0 spiro atoms. The van der Waals surface area contributed by atoms with Crippen LogP contribution in [-0.4, -0.2) is 4.98 Å². The average molecular weight is 351 g/mol. The largest absolute Gasteiger partial charge is 0.279 e. The van der Waals surface area contributed by atoms with Crippen LogP contribution in [0.25, 0.3) is 27.9 Å². The summed E-state index contributed by atoms with van der Waals surface area (Å²) in [6.45, 7) is 6.20. The van der Waals surface area contributed by atoms with Crippen molar-refractivity contribution in [3.8, 4) is 11.3 Å². The van der Waals surface area contributed by atoms with Gasteiger partial charge >= 0.3 is 0 Å². The lowest BCUT2D eigenvalue weighted by atomic mass is 10.0. The summed E-state index contributed by atoms with van der Waals surface area (Å²) in [4.78, 5) is 4.78. The minimum Gasteiger partial charge on any atom is -0.279 e. The zero-order valence-corrected chi connectivity index (χ0v) is 15.3. The van der Waals surface area contributed by atoms with Crippen LogP contribution in [0, 0.1) is 6.92 Å². The van der Waals surface area contributed by atoms with Gasteiger partial charge in [0.25, 0.3) is 0 Å². The van der Waals surface area contributed by atoms with Crippen molar-refractivity contribution >= 4 is 22.3 Å². The van der Waals surface area contributed by atoms with Gasteiger partial charge in [0.15, 0.2) is 0 Å². The third-order valence-electron chi connectivity index (χ3n) is 4.75. The first-order valence-electron chi connectivity index (χ1n) is 8.89. The molecule has 0 saturated carbocycles. The van der Waals surface area contributed by atoms with E-state index in [1.54, 1.807) is 5.01 Å². The Morgan fingerprint density at radius 1 is 0.889 bits per heavy atom. The van der Waals surface area contributed by atoms with Gasteiger partial charge in [-0.15, -0.1) is 0 Å². The number of rotatable bonds is 4. The summed E-state index contributed by atoms with van der Waals surface area (Å²) in [6.07, 6.45) is 0. The van der Waals surface area contributed by atoms with Crippen molar-refractivity contribution in [1.29, 1.82) is 0 Å². The highest BCUT2D eigenvalue weighted by Crippen LogP contribution is 2.29. The molecule has 3 nitrogen and oxygen atoms in total. The van der Waals surface area contributed by atoms with E-state index in [4.69, 9.17) is 10.8 Å². The molecule has 0 bridgehead atoms. The maximum absolute atomic E-state index is 6.35. The lowest BCUT2D eigenvalue weighted by Gasteiger charge is -2.23. The first-order chi connectivity index (χ1) is 13.1. The van der Waals surface area contributed by atoms with Crippen LogP contribution >= 0.6 is 0 Å². The number of benzene rings is 3. The van der Waals surface area contributed by atoms with E-state index in [0.29, 0.717) is 0 Å². The van der Waals surface area contributed by atoms with E-state index in [-0.39, 0.29) is 0 Å². The van der Waals surface area contributed by atoms with Gasteiger partial charge in [-0.2, -0.15) is 0 Å². The fourth-order valence-corrected chi connectivity index (χ4v) is 3.23. The van der Waals surface area contributed by atoms with Crippen LogP contribution in [0.5, 0.6) is 0 Å². The quantitative estimate of drug-likeness (QED) is 0.386. The number of anilines is 1. The van der Waals surface area contributed by atoms with Crippen LogP contribution in [0.2, 0.25) is 0 Å². The van der Waals surface area contributed by atoms with E-state index in [1.165, 1.54) is 0 Å². The zero-order valence-electron chi connectivity index (χ0n) is 15.3. The number of aryl methyl sites for hydroxylation is 1. The molecule has 0 aliphatic carbocycles. The Kier molecular flexibility index (Phi) is 4.45. The summed E-state index contributed by atoms with van der Waals surface area (Å²) in [5.74, 6) is 6.35. The van der Waals surface area contributed by atoms with Gasteiger partial charge in [-0.05, 0) is 42.3 Å². The van der Waals surface area contributed by atoms with E-state index in [1.807, 2.05) is 54.6 Å².